The standard InChI is InChI=1S/C62H88O6/c1-4-7-10-13-16-19-22-25-28-30-31-32-35-37-40-43-46-49-52-55-61(64)67-58-59(57-66-60(63)54-51-48-45-42-39-36-33-27-24-21-18-15-12-9-6-3)68-62(65)56-53-50-47-44-41-38-34-29-26-23-20-17-14-11-8-5-2/h7-13,15-22,24-33,35,37-38,40-41,47,50,59H,4-6,14,23,34,36,39,42-46,48-49,51-58H2,1-3H3/b10-7-,11-8-,12-9-,16-13-,18-15-,20-17-,22-19-,24-21-,28-25-,29-26-,31-30+,33-27-,35-32-,40-37-,41-38-,50-47-. The molecule has 372 valence electrons. The van der Waals surface area contributed by atoms with Gasteiger partial charge in [-0.1, -0.05) is 241 Å². The predicted octanol–water partition coefficient (Wildman–Crippen LogP) is 17.1. The fourth-order valence-corrected chi connectivity index (χ4v) is 5.89. The highest BCUT2D eigenvalue weighted by atomic mass is 16.6. The van der Waals surface area contributed by atoms with Crippen LogP contribution in [0.3, 0.4) is 0 Å². The molecule has 0 aliphatic rings. The second kappa shape index (κ2) is 53.9. The van der Waals surface area contributed by atoms with Crippen molar-refractivity contribution >= 4 is 17.9 Å². The molecule has 0 bridgehead atoms. The Balaban J connectivity index is 4.70. The molecule has 0 aliphatic carbocycles. The van der Waals surface area contributed by atoms with Gasteiger partial charge in [0.15, 0.2) is 6.10 Å². The third-order valence-corrected chi connectivity index (χ3v) is 9.63. The van der Waals surface area contributed by atoms with Crippen molar-refractivity contribution in [1.29, 1.82) is 0 Å². The van der Waals surface area contributed by atoms with Gasteiger partial charge < -0.3 is 14.2 Å². The first kappa shape index (κ1) is 62.2. The molecule has 0 heterocycles. The summed E-state index contributed by atoms with van der Waals surface area (Å²) in [5, 5.41) is 0. The highest BCUT2D eigenvalue weighted by Crippen LogP contribution is 2.11. The molecule has 0 aromatic heterocycles. The Hall–Kier alpha value is -5.75. The molecule has 0 saturated carbocycles. The molecular weight excluding hydrogens is 841 g/mol. The Morgan fingerprint density at radius 1 is 0.309 bits per heavy atom. The molecule has 6 heteroatoms. The fraction of sp³-hybridized carbons (Fsp3) is 0.435. The van der Waals surface area contributed by atoms with E-state index in [0.29, 0.717) is 19.3 Å². The number of rotatable bonds is 42. The van der Waals surface area contributed by atoms with Crippen molar-refractivity contribution < 1.29 is 28.6 Å². The molecule has 0 rings (SSSR count). The van der Waals surface area contributed by atoms with Crippen LogP contribution in [0.15, 0.2) is 194 Å². The van der Waals surface area contributed by atoms with Gasteiger partial charge in [-0.25, -0.2) is 0 Å². The van der Waals surface area contributed by atoms with Crippen molar-refractivity contribution in [2.45, 2.75) is 162 Å². The molecule has 0 aromatic rings. The van der Waals surface area contributed by atoms with E-state index in [1.807, 2.05) is 109 Å². The molecule has 0 fully saturated rings. The number of ether oxygens (including phenoxy) is 3. The lowest BCUT2D eigenvalue weighted by Crippen LogP contribution is -2.30. The Labute approximate surface area is 414 Å². The smallest absolute Gasteiger partial charge is 0.306 e. The number of esters is 3. The van der Waals surface area contributed by atoms with Gasteiger partial charge in [0.1, 0.15) is 13.2 Å². The van der Waals surface area contributed by atoms with Crippen molar-refractivity contribution in [2.24, 2.45) is 0 Å². The maximum atomic E-state index is 12.8. The first-order chi connectivity index (χ1) is 33.5. The molecule has 1 unspecified atom stereocenters. The van der Waals surface area contributed by atoms with Crippen LogP contribution in [0.5, 0.6) is 0 Å². The number of unbranched alkanes of at least 4 members (excludes halogenated alkanes) is 8. The lowest BCUT2D eigenvalue weighted by molar-refractivity contribution is -0.166. The first-order valence-electron chi connectivity index (χ1n) is 25.6. The van der Waals surface area contributed by atoms with Crippen LogP contribution in [-0.2, 0) is 28.6 Å². The molecular formula is C62H88O6. The monoisotopic (exact) mass is 929 g/mol. The van der Waals surface area contributed by atoms with Crippen LogP contribution < -0.4 is 0 Å². The first-order valence-corrected chi connectivity index (χ1v) is 25.6. The second-order valence-electron chi connectivity index (χ2n) is 15.9. The van der Waals surface area contributed by atoms with Gasteiger partial charge in [-0.3, -0.25) is 14.4 Å². The van der Waals surface area contributed by atoms with E-state index in [1.54, 1.807) is 0 Å². The molecule has 0 amide bonds. The molecule has 0 saturated heterocycles. The minimum Gasteiger partial charge on any atom is -0.462 e. The summed E-state index contributed by atoms with van der Waals surface area (Å²) in [6.07, 6.45) is 82.7. The number of allylic oxidation sites excluding steroid dienone is 32. The summed E-state index contributed by atoms with van der Waals surface area (Å²) in [5.74, 6) is -1.12. The van der Waals surface area contributed by atoms with E-state index in [4.69, 9.17) is 14.2 Å². The van der Waals surface area contributed by atoms with Crippen molar-refractivity contribution in [3.8, 4) is 0 Å². The minimum absolute atomic E-state index is 0.147. The van der Waals surface area contributed by atoms with E-state index < -0.39 is 12.1 Å². The van der Waals surface area contributed by atoms with Crippen LogP contribution in [-0.4, -0.2) is 37.2 Å². The van der Waals surface area contributed by atoms with E-state index >= 15 is 0 Å². The van der Waals surface area contributed by atoms with Gasteiger partial charge in [-0.05, 0) is 89.9 Å². The Kier molecular flexibility index (Phi) is 49.3. The SMILES string of the molecule is CC\C=C/C=C\C=C/C=C\C=C\C=C/C=C\CCCCCC(=O)OCC(COC(=O)CCCCCCC\C=C/C=C\C=C/C=C\CC)OC(=O)CC/C=C\C/C=C\C/C=C\C/C=C\C/C=C\CC. The second-order valence-corrected chi connectivity index (χ2v) is 15.9. The topological polar surface area (TPSA) is 78.9 Å². The Bertz CT molecular complexity index is 1730. The van der Waals surface area contributed by atoms with Gasteiger partial charge in [0, 0.05) is 19.3 Å². The van der Waals surface area contributed by atoms with Crippen molar-refractivity contribution in [3.05, 3.63) is 194 Å². The zero-order valence-electron chi connectivity index (χ0n) is 42.3. The summed E-state index contributed by atoms with van der Waals surface area (Å²) >= 11 is 0. The van der Waals surface area contributed by atoms with E-state index in [0.717, 1.165) is 103 Å². The van der Waals surface area contributed by atoms with Crippen molar-refractivity contribution in [3.63, 3.8) is 0 Å². The van der Waals surface area contributed by atoms with Crippen LogP contribution in [0.2, 0.25) is 0 Å². The van der Waals surface area contributed by atoms with Crippen molar-refractivity contribution in [2.75, 3.05) is 13.2 Å². The summed E-state index contributed by atoms with van der Waals surface area (Å²) in [6, 6.07) is 0. The Morgan fingerprint density at radius 2 is 0.632 bits per heavy atom. The zero-order valence-corrected chi connectivity index (χ0v) is 42.3. The largest absolute Gasteiger partial charge is 0.462 e. The molecule has 0 spiro atoms. The molecule has 0 N–H and O–H groups in total. The van der Waals surface area contributed by atoms with Crippen LogP contribution in [0.25, 0.3) is 0 Å². The van der Waals surface area contributed by atoms with Gasteiger partial charge in [-0.2, -0.15) is 0 Å². The molecule has 0 aromatic carbocycles. The van der Waals surface area contributed by atoms with Crippen LogP contribution in [0, 0.1) is 0 Å². The summed E-state index contributed by atoms with van der Waals surface area (Å²) < 4.78 is 16.7. The van der Waals surface area contributed by atoms with Gasteiger partial charge in [0.05, 0.1) is 0 Å². The van der Waals surface area contributed by atoms with Crippen molar-refractivity contribution in [1.82, 2.24) is 0 Å². The number of hydrogen-bond donors (Lipinski definition) is 0. The number of carbonyl (C=O) groups excluding carboxylic acids is 3. The average molecular weight is 929 g/mol. The predicted molar refractivity (Wildman–Crippen MR) is 292 cm³/mol. The lowest BCUT2D eigenvalue weighted by Gasteiger charge is -2.18. The van der Waals surface area contributed by atoms with Gasteiger partial charge >= 0.3 is 17.9 Å². The third kappa shape index (κ3) is 51.2. The van der Waals surface area contributed by atoms with E-state index in [2.05, 4.69) is 106 Å². The molecule has 1 atom stereocenters. The Morgan fingerprint density at radius 3 is 1.04 bits per heavy atom. The normalized spacial score (nSPS) is 13.8. The molecule has 6 nitrogen and oxygen atoms in total. The van der Waals surface area contributed by atoms with Crippen LogP contribution >= 0.6 is 0 Å². The maximum absolute atomic E-state index is 12.8. The summed E-state index contributed by atoms with van der Waals surface area (Å²) in [4.78, 5) is 38.0. The summed E-state index contributed by atoms with van der Waals surface area (Å²) in [5.41, 5.74) is 0. The average Bonchev–Trinajstić information content (AvgIpc) is 3.34. The van der Waals surface area contributed by atoms with E-state index in [9.17, 15) is 14.4 Å². The number of carbonyl (C=O) groups is 3. The molecule has 0 radical (unpaired) electrons. The van der Waals surface area contributed by atoms with Gasteiger partial charge in [0.2, 0.25) is 0 Å². The van der Waals surface area contributed by atoms with Crippen LogP contribution in [0.1, 0.15) is 156 Å². The summed E-state index contributed by atoms with van der Waals surface area (Å²) in [7, 11) is 0. The number of hydrogen-bond acceptors (Lipinski definition) is 6. The van der Waals surface area contributed by atoms with Gasteiger partial charge in [-0.15, -0.1) is 0 Å². The van der Waals surface area contributed by atoms with E-state index in [1.165, 1.54) is 0 Å². The van der Waals surface area contributed by atoms with Crippen LogP contribution in [0.4, 0.5) is 0 Å². The third-order valence-electron chi connectivity index (χ3n) is 9.63. The molecule has 0 aliphatic heterocycles. The lowest BCUT2D eigenvalue weighted by atomic mass is 10.1. The van der Waals surface area contributed by atoms with E-state index in [-0.39, 0.29) is 38.0 Å². The molecule has 68 heavy (non-hydrogen) atoms. The fourth-order valence-electron chi connectivity index (χ4n) is 5.89. The van der Waals surface area contributed by atoms with Gasteiger partial charge in [0.25, 0.3) is 0 Å². The highest BCUT2D eigenvalue weighted by molar-refractivity contribution is 5.71. The summed E-state index contributed by atoms with van der Waals surface area (Å²) in [6.45, 7) is 6.07. The minimum atomic E-state index is -0.859. The zero-order chi connectivity index (χ0) is 49.3. The highest BCUT2D eigenvalue weighted by Gasteiger charge is 2.19. The quantitative estimate of drug-likeness (QED) is 0.0199. The maximum Gasteiger partial charge on any atom is 0.306 e.